The van der Waals surface area contributed by atoms with E-state index >= 15 is 0 Å². The SMILES string of the molecule is Cc1cc(N(C)C(=O)OC(C)(C)C)cc(C)n1. The maximum Gasteiger partial charge on any atom is 0.414 e. The summed E-state index contributed by atoms with van der Waals surface area (Å²) in [5.74, 6) is 0. The number of ether oxygens (including phenoxy) is 1. The molecule has 1 amide bonds. The van der Waals surface area contributed by atoms with Gasteiger partial charge < -0.3 is 4.74 Å². The molecule has 4 heteroatoms. The second-order valence-electron chi connectivity index (χ2n) is 5.15. The summed E-state index contributed by atoms with van der Waals surface area (Å²) in [6, 6.07) is 3.72. The second kappa shape index (κ2) is 4.73. The highest BCUT2D eigenvalue weighted by molar-refractivity contribution is 5.87. The third-order valence-electron chi connectivity index (χ3n) is 2.12. The first-order valence-electron chi connectivity index (χ1n) is 5.61. The molecular formula is C13H20N2O2. The number of aromatic nitrogens is 1. The van der Waals surface area contributed by atoms with E-state index in [2.05, 4.69) is 4.98 Å². The molecule has 0 atom stereocenters. The molecule has 0 saturated carbocycles. The van der Waals surface area contributed by atoms with Gasteiger partial charge in [0, 0.05) is 18.4 Å². The molecule has 17 heavy (non-hydrogen) atoms. The summed E-state index contributed by atoms with van der Waals surface area (Å²) >= 11 is 0. The van der Waals surface area contributed by atoms with E-state index in [1.54, 1.807) is 7.05 Å². The lowest BCUT2D eigenvalue weighted by molar-refractivity contribution is 0.0589. The van der Waals surface area contributed by atoms with Crippen LogP contribution in [0.3, 0.4) is 0 Å². The standard InChI is InChI=1S/C13H20N2O2/c1-9-7-11(8-10(2)14-9)15(6)12(16)17-13(3,4)5/h7-8H,1-6H3. The topological polar surface area (TPSA) is 42.4 Å². The Morgan fingerprint density at radius 1 is 1.24 bits per heavy atom. The Hall–Kier alpha value is -1.58. The third kappa shape index (κ3) is 4.06. The summed E-state index contributed by atoms with van der Waals surface area (Å²) in [5, 5.41) is 0. The second-order valence-corrected chi connectivity index (χ2v) is 5.15. The molecule has 1 heterocycles. The van der Waals surface area contributed by atoms with Crippen molar-refractivity contribution in [1.29, 1.82) is 0 Å². The van der Waals surface area contributed by atoms with Crippen LogP contribution in [0.15, 0.2) is 12.1 Å². The zero-order valence-electron chi connectivity index (χ0n) is 11.4. The maximum atomic E-state index is 11.9. The Labute approximate surface area is 103 Å². The van der Waals surface area contributed by atoms with Crippen molar-refractivity contribution in [3.8, 4) is 0 Å². The Kier molecular flexibility index (Phi) is 3.76. The van der Waals surface area contributed by atoms with Gasteiger partial charge in [-0.1, -0.05) is 0 Å². The Balaban J connectivity index is 2.89. The van der Waals surface area contributed by atoms with Crippen LogP contribution in [0.4, 0.5) is 10.5 Å². The van der Waals surface area contributed by atoms with E-state index in [9.17, 15) is 4.79 Å². The van der Waals surface area contributed by atoms with Crippen molar-refractivity contribution < 1.29 is 9.53 Å². The molecule has 0 fully saturated rings. The van der Waals surface area contributed by atoms with Gasteiger partial charge >= 0.3 is 6.09 Å². The number of amides is 1. The van der Waals surface area contributed by atoms with Gasteiger partial charge in [0.05, 0.1) is 5.69 Å². The number of nitrogens with zero attached hydrogens (tertiary/aromatic N) is 2. The Morgan fingerprint density at radius 2 is 1.71 bits per heavy atom. The number of hydrogen-bond donors (Lipinski definition) is 0. The average Bonchev–Trinajstić information content (AvgIpc) is 2.12. The van der Waals surface area contributed by atoms with E-state index in [1.807, 2.05) is 46.8 Å². The van der Waals surface area contributed by atoms with Gasteiger partial charge in [-0.2, -0.15) is 0 Å². The highest BCUT2D eigenvalue weighted by Gasteiger charge is 2.20. The normalized spacial score (nSPS) is 11.2. The molecule has 4 nitrogen and oxygen atoms in total. The fraction of sp³-hybridized carbons (Fsp3) is 0.538. The van der Waals surface area contributed by atoms with Crippen LogP contribution in [0.1, 0.15) is 32.2 Å². The maximum absolute atomic E-state index is 11.9. The predicted octanol–water partition coefficient (Wildman–Crippen LogP) is 3.07. The van der Waals surface area contributed by atoms with Gasteiger partial charge in [-0.3, -0.25) is 9.88 Å². The average molecular weight is 236 g/mol. The fourth-order valence-corrected chi connectivity index (χ4v) is 1.44. The summed E-state index contributed by atoms with van der Waals surface area (Å²) in [4.78, 5) is 17.6. The van der Waals surface area contributed by atoms with Crippen molar-refractivity contribution in [1.82, 2.24) is 4.98 Å². The molecule has 0 N–H and O–H groups in total. The van der Waals surface area contributed by atoms with Crippen LogP contribution in [0.5, 0.6) is 0 Å². The van der Waals surface area contributed by atoms with E-state index in [1.165, 1.54) is 4.90 Å². The lowest BCUT2D eigenvalue weighted by Gasteiger charge is -2.24. The molecule has 0 spiro atoms. The van der Waals surface area contributed by atoms with Crippen LogP contribution in [0.2, 0.25) is 0 Å². The largest absolute Gasteiger partial charge is 0.443 e. The molecule has 0 aliphatic carbocycles. The molecule has 0 aliphatic heterocycles. The lowest BCUT2D eigenvalue weighted by Crippen LogP contribution is -2.34. The van der Waals surface area contributed by atoms with Crippen LogP contribution >= 0.6 is 0 Å². The first kappa shape index (κ1) is 13.5. The summed E-state index contributed by atoms with van der Waals surface area (Å²) in [5.41, 5.74) is 2.08. The van der Waals surface area contributed by atoms with Gasteiger partial charge in [0.2, 0.25) is 0 Å². The van der Waals surface area contributed by atoms with Crippen molar-refractivity contribution in [2.45, 2.75) is 40.2 Å². The third-order valence-corrected chi connectivity index (χ3v) is 2.12. The molecule has 94 valence electrons. The quantitative estimate of drug-likeness (QED) is 0.752. The molecular weight excluding hydrogens is 216 g/mol. The highest BCUT2D eigenvalue weighted by atomic mass is 16.6. The monoisotopic (exact) mass is 236 g/mol. The highest BCUT2D eigenvalue weighted by Crippen LogP contribution is 2.18. The first-order chi connectivity index (χ1) is 7.69. The van der Waals surface area contributed by atoms with Crippen molar-refractivity contribution >= 4 is 11.8 Å². The lowest BCUT2D eigenvalue weighted by atomic mass is 10.2. The fourth-order valence-electron chi connectivity index (χ4n) is 1.44. The number of anilines is 1. The molecule has 1 aromatic rings. The molecule has 0 aliphatic rings. The number of hydrogen-bond acceptors (Lipinski definition) is 3. The van der Waals surface area contributed by atoms with E-state index in [4.69, 9.17) is 4.74 Å². The number of rotatable bonds is 1. The van der Waals surface area contributed by atoms with Crippen molar-refractivity contribution in [3.05, 3.63) is 23.5 Å². The summed E-state index contributed by atoms with van der Waals surface area (Å²) in [6.45, 7) is 9.35. The molecule has 0 bridgehead atoms. The minimum Gasteiger partial charge on any atom is -0.443 e. The molecule has 1 rings (SSSR count). The summed E-state index contributed by atoms with van der Waals surface area (Å²) < 4.78 is 5.30. The van der Waals surface area contributed by atoms with Crippen LogP contribution in [0.25, 0.3) is 0 Å². The van der Waals surface area contributed by atoms with Crippen LogP contribution in [0, 0.1) is 13.8 Å². The van der Waals surface area contributed by atoms with Gasteiger partial charge in [0.15, 0.2) is 0 Å². The van der Waals surface area contributed by atoms with Crippen molar-refractivity contribution in [2.24, 2.45) is 0 Å². The van der Waals surface area contributed by atoms with Crippen molar-refractivity contribution in [2.75, 3.05) is 11.9 Å². The van der Waals surface area contributed by atoms with Crippen molar-refractivity contribution in [3.63, 3.8) is 0 Å². The smallest absolute Gasteiger partial charge is 0.414 e. The van der Waals surface area contributed by atoms with Crippen LogP contribution < -0.4 is 4.90 Å². The van der Waals surface area contributed by atoms with Gasteiger partial charge in [-0.05, 0) is 46.8 Å². The zero-order valence-corrected chi connectivity index (χ0v) is 11.4. The predicted molar refractivity (Wildman–Crippen MR) is 68.3 cm³/mol. The van der Waals surface area contributed by atoms with E-state index in [0.717, 1.165) is 17.1 Å². The Morgan fingerprint density at radius 3 is 2.12 bits per heavy atom. The molecule has 0 aromatic carbocycles. The number of aryl methyl sites for hydroxylation is 2. The zero-order chi connectivity index (χ0) is 13.2. The molecule has 0 radical (unpaired) electrons. The van der Waals surface area contributed by atoms with E-state index < -0.39 is 5.60 Å². The number of carbonyl (C=O) groups is 1. The molecule has 0 saturated heterocycles. The first-order valence-corrected chi connectivity index (χ1v) is 5.61. The van der Waals surface area contributed by atoms with Gasteiger partial charge in [-0.15, -0.1) is 0 Å². The number of carbonyl (C=O) groups excluding carboxylic acids is 1. The number of pyridine rings is 1. The molecule has 0 unspecified atom stereocenters. The van der Waals surface area contributed by atoms with Crippen LogP contribution in [-0.4, -0.2) is 23.7 Å². The van der Waals surface area contributed by atoms with Crippen LogP contribution in [-0.2, 0) is 4.74 Å². The van der Waals surface area contributed by atoms with E-state index in [0.29, 0.717) is 0 Å². The van der Waals surface area contributed by atoms with Gasteiger partial charge in [-0.25, -0.2) is 4.79 Å². The minimum absolute atomic E-state index is 0.359. The minimum atomic E-state index is -0.484. The molecule has 1 aromatic heterocycles. The summed E-state index contributed by atoms with van der Waals surface area (Å²) in [6.07, 6.45) is -0.359. The Bertz CT molecular complexity index is 402. The van der Waals surface area contributed by atoms with Gasteiger partial charge in [0.25, 0.3) is 0 Å². The summed E-state index contributed by atoms with van der Waals surface area (Å²) in [7, 11) is 1.70. The van der Waals surface area contributed by atoms with E-state index in [-0.39, 0.29) is 6.09 Å². The van der Waals surface area contributed by atoms with Gasteiger partial charge in [0.1, 0.15) is 5.60 Å².